The van der Waals surface area contributed by atoms with Crippen LogP contribution in [0.25, 0.3) is 5.69 Å². The van der Waals surface area contributed by atoms with Gasteiger partial charge in [0.1, 0.15) is 0 Å². The summed E-state index contributed by atoms with van der Waals surface area (Å²) >= 11 is 1.40. The molecule has 7 heteroatoms. The van der Waals surface area contributed by atoms with Crippen molar-refractivity contribution < 1.29 is 4.79 Å². The number of aryl methyl sites for hydroxylation is 1. The number of aromatic nitrogens is 4. The van der Waals surface area contributed by atoms with Crippen molar-refractivity contribution in [2.45, 2.75) is 44.3 Å². The minimum atomic E-state index is 0.168. The number of hydrogen-bond acceptors (Lipinski definition) is 5. The molecule has 1 fully saturated rings. The first kappa shape index (κ1) is 16.0. The Balaban J connectivity index is 1.69. The predicted molar refractivity (Wildman–Crippen MR) is 89.6 cm³/mol. The van der Waals surface area contributed by atoms with Gasteiger partial charge in [0.05, 0.1) is 11.4 Å². The van der Waals surface area contributed by atoms with E-state index in [9.17, 15) is 4.79 Å². The average Bonchev–Trinajstić information content (AvgIpc) is 3.02. The molecule has 1 aliphatic rings. The van der Waals surface area contributed by atoms with E-state index in [-0.39, 0.29) is 5.91 Å². The summed E-state index contributed by atoms with van der Waals surface area (Å²) in [6.07, 6.45) is 3.41. The van der Waals surface area contributed by atoms with Crippen molar-refractivity contribution in [3.05, 3.63) is 29.8 Å². The van der Waals surface area contributed by atoms with Gasteiger partial charge in [0, 0.05) is 12.6 Å². The molecule has 122 valence electrons. The van der Waals surface area contributed by atoms with Gasteiger partial charge in [-0.05, 0) is 55.2 Å². The van der Waals surface area contributed by atoms with Crippen molar-refractivity contribution in [3.8, 4) is 5.69 Å². The van der Waals surface area contributed by atoms with E-state index in [1.54, 1.807) is 4.68 Å². The van der Waals surface area contributed by atoms with Gasteiger partial charge in [0.2, 0.25) is 11.1 Å². The largest absolute Gasteiger partial charge is 0.339 e. The lowest BCUT2D eigenvalue weighted by molar-refractivity contribution is -0.131. The third-order valence-corrected chi connectivity index (χ3v) is 5.14. The third-order valence-electron chi connectivity index (χ3n) is 4.23. The molecule has 6 nitrogen and oxygen atoms in total. The molecule has 1 amide bonds. The summed E-state index contributed by atoms with van der Waals surface area (Å²) in [7, 11) is 0. The fraction of sp³-hybridized carbons (Fsp3) is 0.500. The number of nitrogens with zero attached hydrogens (tertiary/aromatic N) is 5. The van der Waals surface area contributed by atoms with Crippen LogP contribution in [-0.4, -0.2) is 49.4 Å². The van der Waals surface area contributed by atoms with Crippen molar-refractivity contribution in [1.29, 1.82) is 0 Å². The van der Waals surface area contributed by atoms with Gasteiger partial charge in [-0.15, -0.1) is 5.10 Å². The Kier molecular flexibility index (Phi) is 4.95. The monoisotopic (exact) mass is 331 g/mol. The summed E-state index contributed by atoms with van der Waals surface area (Å²) < 4.78 is 1.70. The summed E-state index contributed by atoms with van der Waals surface area (Å²) in [6.45, 7) is 5.01. The Bertz CT molecular complexity index is 687. The lowest BCUT2D eigenvalue weighted by Crippen LogP contribution is -2.43. The summed E-state index contributed by atoms with van der Waals surface area (Å²) in [5, 5.41) is 12.5. The van der Waals surface area contributed by atoms with Crippen LogP contribution in [0, 0.1) is 6.92 Å². The molecule has 1 unspecified atom stereocenters. The number of carbonyl (C=O) groups is 1. The Morgan fingerprint density at radius 2 is 2.17 bits per heavy atom. The van der Waals surface area contributed by atoms with Gasteiger partial charge >= 0.3 is 0 Å². The lowest BCUT2D eigenvalue weighted by atomic mass is 10.0. The van der Waals surface area contributed by atoms with Crippen LogP contribution in [-0.2, 0) is 4.79 Å². The Morgan fingerprint density at radius 3 is 2.96 bits per heavy atom. The first-order chi connectivity index (χ1) is 11.2. The zero-order chi connectivity index (χ0) is 16.2. The minimum Gasteiger partial charge on any atom is -0.339 e. The number of amides is 1. The first-order valence-corrected chi connectivity index (χ1v) is 8.92. The van der Waals surface area contributed by atoms with E-state index in [0.717, 1.165) is 30.6 Å². The van der Waals surface area contributed by atoms with E-state index < -0.39 is 0 Å². The summed E-state index contributed by atoms with van der Waals surface area (Å²) in [5.41, 5.74) is 2.04. The maximum atomic E-state index is 12.4. The quantitative estimate of drug-likeness (QED) is 0.805. The van der Waals surface area contributed by atoms with Gasteiger partial charge in [0.25, 0.3) is 0 Å². The van der Waals surface area contributed by atoms with Crippen LogP contribution < -0.4 is 0 Å². The molecule has 0 radical (unpaired) electrons. The first-order valence-electron chi connectivity index (χ1n) is 7.93. The zero-order valence-electron chi connectivity index (χ0n) is 13.5. The van der Waals surface area contributed by atoms with Crippen LogP contribution in [0.3, 0.4) is 0 Å². The van der Waals surface area contributed by atoms with E-state index in [1.807, 2.05) is 36.1 Å². The molecule has 1 saturated heterocycles. The van der Waals surface area contributed by atoms with Crippen LogP contribution >= 0.6 is 11.8 Å². The van der Waals surface area contributed by atoms with E-state index in [2.05, 4.69) is 22.4 Å². The Morgan fingerprint density at radius 1 is 1.35 bits per heavy atom. The number of para-hydroxylation sites is 1. The minimum absolute atomic E-state index is 0.168. The van der Waals surface area contributed by atoms with Gasteiger partial charge in [-0.1, -0.05) is 30.0 Å². The standard InChI is InChI=1S/C16H21N5OS/c1-12-7-3-4-9-14(12)21-16(17-18-19-21)23-11-15(22)20-10-6-5-8-13(20)2/h3-4,7,9,13H,5-6,8,10-11H2,1-2H3. The molecule has 0 N–H and O–H groups in total. The fourth-order valence-corrected chi connectivity index (χ4v) is 3.67. The Labute approximate surface area is 140 Å². The number of likely N-dealkylation sites (tertiary alicyclic amines) is 1. The second kappa shape index (κ2) is 7.12. The van der Waals surface area contributed by atoms with Crippen LogP contribution in [0.2, 0.25) is 0 Å². The Hall–Kier alpha value is -1.89. The molecule has 0 bridgehead atoms. The second-order valence-electron chi connectivity index (χ2n) is 5.88. The number of benzene rings is 1. The number of rotatable bonds is 4. The number of tetrazole rings is 1. The molecular weight excluding hydrogens is 310 g/mol. The maximum Gasteiger partial charge on any atom is 0.233 e. The molecule has 1 aromatic heterocycles. The van der Waals surface area contributed by atoms with Crippen molar-refractivity contribution in [2.24, 2.45) is 0 Å². The van der Waals surface area contributed by atoms with Crippen molar-refractivity contribution >= 4 is 17.7 Å². The van der Waals surface area contributed by atoms with Crippen LogP contribution in [0.1, 0.15) is 31.7 Å². The summed E-state index contributed by atoms with van der Waals surface area (Å²) in [6, 6.07) is 8.27. The number of piperidine rings is 1. The number of carbonyl (C=O) groups excluding carboxylic acids is 1. The predicted octanol–water partition coefficient (Wildman–Crippen LogP) is 2.46. The van der Waals surface area contributed by atoms with E-state index in [4.69, 9.17) is 0 Å². The molecule has 1 aliphatic heterocycles. The van der Waals surface area contributed by atoms with E-state index >= 15 is 0 Å². The molecule has 1 atom stereocenters. The topological polar surface area (TPSA) is 63.9 Å². The van der Waals surface area contributed by atoms with Gasteiger partial charge in [-0.3, -0.25) is 4.79 Å². The molecular formula is C16H21N5OS. The van der Waals surface area contributed by atoms with E-state index in [1.165, 1.54) is 18.2 Å². The third kappa shape index (κ3) is 3.55. The molecule has 1 aromatic carbocycles. The number of hydrogen-bond donors (Lipinski definition) is 0. The highest BCUT2D eigenvalue weighted by Gasteiger charge is 2.23. The fourth-order valence-electron chi connectivity index (χ4n) is 2.90. The highest BCUT2D eigenvalue weighted by Crippen LogP contribution is 2.22. The second-order valence-corrected chi connectivity index (χ2v) is 6.82. The van der Waals surface area contributed by atoms with Crippen LogP contribution in [0.5, 0.6) is 0 Å². The smallest absolute Gasteiger partial charge is 0.233 e. The molecule has 0 spiro atoms. The molecule has 0 saturated carbocycles. The van der Waals surface area contributed by atoms with Crippen molar-refractivity contribution in [3.63, 3.8) is 0 Å². The highest BCUT2D eigenvalue weighted by molar-refractivity contribution is 7.99. The van der Waals surface area contributed by atoms with Crippen molar-refractivity contribution in [1.82, 2.24) is 25.1 Å². The average molecular weight is 331 g/mol. The van der Waals surface area contributed by atoms with E-state index in [0.29, 0.717) is 17.0 Å². The van der Waals surface area contributed by atoms with Gasteiger partial charge in [-0.2, -0.15) is 4.68 Å². The molecule has 2 heterocycles. The summed E-state index contributed by atoms with van der Waals surface area (Å²) in [5.74, 6) is 0.540. The number of thioether (sulfide) groups is 1. The molecule has 23 heavy (non-hydrogen) atoms. The molecule has 2 aromatic rings. The van der Waals surface area contributed by atoms with Gasteiger partial charge < -0.3 is 4.90 Å². The van der Waals surface area contributed by atoms with Crippen LogP contribution in [0.15, 0.2) is 29.4 Å². The molecule has 0 aliphatic carbocycles. The normalized spacial score (nSPS) is 18.2. The zero-order valence-corrected chi connectivity index (χ0v) is 14.3. The summed E-state index contributed by atoms with van der Waals surface area (Å²) in [4.78, 5) is 14.4. The molecule has 3 rings (SSSR count). The maximum absolute atomic E-state index is 12.4. The van der Waals surface area contributed by atoms with Crippen molar-refractivity contribution in [2.75, 3.05) is 12.3 Å². The van der Waals surface area contributed by atoms with Gasteiger partial charge in [-0.25, -0.2) is 0 Å². The lowest BCUT2D eigenvalue weighted by Gasteiger charge is -2.33. The SMILES string of the molecule is Cc1ccccc1-n1nnnc1SCC(=O)N1CCCCC1C. The highest BCUT2D eigenvalue weighted by atomic mass is 32.2. The van der Waals surface area contributed by atoms with Gasteiger partial charge in [0.15, 0.2) is 0 Å². The van der Waals surface area contributed by atoms with Crippen LogP contribution in [0.4, 0.5) is 0 Å².